The molecule has 140 valence electrons. The highest BCUT2D eigenvalue weighted by atomic mass is 16.3. The van der Waals surface area contributed by atoms with Crippen LogP contribution < -0.4 is 5.32 Å². The summed E-state index contributed by atoms with van der Waals surface area (Å²) in [6.07, 6.45) is -0.309. The summed E-state index contributed by atoms with van der Waals surface area (Å²) in [5.41, 5.74) is 3.67. The molecule has 0 spiro atoms. The Bertz CT molecular complexity index is 588. The molecule has 1 heterocycles. The van der Waals surface area contributed by atoms with Crippen molar-refractivity contribution in [2.45, 2.75) is 52.8 Å². The number of carbonyl (C=O) groups excluding carboxylic acids is 1. The summed E-state index contributed by atoms with van der Waals surface area (Å²) >= 11 is 0. The van der Waals surface area contributed by atoms with Crippen molar-refractivity contribution in [2.75, 3.05) is 32.7 Å². The first-order valence-electron chi connectivity index (χ1n) is 9.27. The summed E-state index contributed by atoms with van der Waals surface area (Å²) in [5, 5.41) is 12.7. The number of piperazine rings is 1. The molecule has 0 aromatic heterocycles. The molecule has 2 rings (SSSR count). The van der Waals surface area contributed by atoms with Crippen LogP contribution in [0.5, 0.6) is 0 Å². The summed E-state index contributed by atoms with van der Waals surface area (Å²) in [5.74, 6) is 0.0712. The van der Waals surface area contributed by atoms with Gasteiger partial charge in [0.05, 0.1) is 18.7 Å². The second-order valence-corrected chi connectivity index (χ2v) is 7.56. The minimum Gasteiger partial charge on any atom is -0.392 e. The summed E-state index contributed by atoms with van der Waals surface area (Å²) in [4.78, 5) is 16.9. The summed E-state index contributed by atoms with van der Waals surface area (Å²) in [7, 11) is 0. The molecule has 1 aliphatic rings. The quantitative estimate of drug-likeness (QED) is 0.825. The number of nitrogens with zero attached hydrogens (tertiary/aromatic N) is 2. The maximum Gasteiger partial charge on any atom is 0.234 e. The van der Waals surface area contributed by atoms with E-state index in [4.69, 9.17) is 0 Å². The van der Waals surface area contributed by atoms with Gasteiger partial charge in [-0.25, -0.2) is 0 Å². The topological polar surface area (TPSA) is 55.8 Å². The number of β-amino-alcohol motifs (C(OH)–C–C–N with tert-alkyl or cyclic N) is 1. The van der Waals surface area contributed by atoms with Crippen LogP contribution in [0.2, 0.25) is 0 Å². The third kappa shape index (κ3) is 5.80. The molecule has 0 bridgehead atoms. The second kappa shape index (κ2) is 8.79. The predicted molar refractivity (Wildman–Crippen MR) is 102 cm³/mol. The highest BCUT2D eigenvalue weighted by Crippen LogP contribution is 2.17. The predicted octanol–water partition coefficient (Wildman–Crippen LogP) is 1.87. The van der Waals surface area contributed by atoms with Crippen molar-refractivity contribution in [2.24, 2.45) is 0 Å². The van der Waals surface area contributed by atoms with Crippen molar-refractivity contribution in [1.29, 1.82) is 0 Å². The number of aliphatic hydroxyl groups is 1. The van der Waals surface area contributed by atoms with E-state index >= 15 is 0 Å². The third-order valence-corrected chi connectivity index (χ3v) is 5.12. The molecule has 1 fully saturated rings. The van der Waals surface area contributed by atoms with Crippen LogP contribution >= 0.6 is 0 Å². The van der Waals surface area contributed by atoms with E-state index in [0.717, 1.165) is 25.2 Å². The number of nitrogens with one attached hydrogen (secondary N) is 1. The standard InChI is InChI=1S/C20H33N3O2/c1-14-6-7-19(10-15(14)2)18(5)21-20(25)13-22-8-9-23(12-17(4)24)16(3)11-22/h6-7,10,16-18,24H,8-9,11-13H2,1-5H3,(H,21,25)/t16-,17-,18+/m1/s1. The monoisotopic (exact) mass is 347 g/mol. The van der Waals surface area contributed by atoms with Gasteiger partial charge in [0.2, 0.25) is 5.91 Å². The van der Waals surface area contributed by atoms with Crippen molar-refractivity contribution in [3.05, 3.63) is 34.9 Å². The number of aliphatic hydroxyl groups excluding tert-OH is 1. The van der Waals surface area contributed by atoms with Gasteiger partial charge in [-0.3, -0.25) is 14.6 Å². The van der Waals surface area contributed by atoms with Crippen molar-refractivity contribution in [1.82, 2.24) is 15.1 Å². The zero-order chi connectivity index (χ0) is 18.6. The van der Waals surface area contributed by atoms with Crippen molar-refractivity contribution in [3.63, 3.8) is 0 Å². The molecule has 0 saturated carbocycles. The zero-order valence-electron chi connectivity index (χ0n) is 16.2. The number of rotatable bonds is 6. The van der Waals surface area contributed by atoms with Crippen LogP contribution in [0.15, 0.2) is 18.2 Å². The molecule has 25 heavy (non-hydrogen) atoms. The van der Waals surface area contributed by atoms with E-state index in [1.165, 1.54) is 11.1 Å². The van der Waals surface area contributed by atoms with Crippen LogP contribution in [-0.4, -0.2) is 65.7 Å². The fourth-order valence-electron chi connectivity index (χ4n) is 3.43. The molecular formula is C20H33N3O2. The van der Waals surface area contributed by atoms with Crippen LogP contribution in [0.25, 0.3) is 0 Å². The van der Waals surface area contributed by atoms with E-state index in [0.29, 0.717) is 19.1 Å². The molecular weight excluding hydrogens is 314 g/mol. The van der Waals surface area contributed by atoms with Gasteiger partial charge in [-0.2, -0.15) is 0 Å². The molecule has 3 atom stereocenters. The highest BCUT2D eigenvalue weighted by Gasteiger charge is 2.25. The number of hydrogen-bond acceptors (Lipinski definition) is 4. The van der Waals surface area contributed by atoms with Crippen LogP contribution in [0.3, 0.4) is 0 Å². The maximum absolute atomic E-state index is 12.4. The summed E-state index contributed by atoms with van der Waals surface area (Å²) in [6, 6.07) is 6.71. The van der Waals surface area contributed by atoms with E-state index < -0.39 is 0 Å². The maximum atomic E-state index is 12.4. The van der Waals surface area contributed by atoms with Gasteiger partial charge < -0.3 is 10.4 Å². The first kappa shape index (κ1) is 19.9. The normalized spacial score (nSPS) is 21.8. The second-order valence-electron chi connectivity index (χ2n) is 7.56. The lowest BCUT2D eigenvalue weighted by atomic mass is 10.0. The Kier molecular flexibility index (Phi) is 6.99. The van der Waals surface area contributed by atoms with Crippen molar-refractivity contribution in [3.8, 4) is 0 Å². The Morgan fingerprint density at radius 3 is 2.60 bits per heavy atom. The van der Waals surface area contributed by atoms with Gasteiger partial charge in [-0.05, 0) is 51.3 Å². The van der Waals surface area contributed by atoms with Crippen molar-refractivity contribution < 1.29 is 9.90 Å². The Hall–Kier alpha value is -1.43. The Morgan fingerprint density at radius 1 is 1.28 bits per heavy atom. The van der Waals surface area contributed by atoms with Crippen LogP contribution in [0.4, 0.5) is 0 Å². The van der Waals surface area contributed by atoms with Gasteiger partial charge in [0.1, 0.15) is 0 Å². The largest absolute Gasteiger partial charge is 0.392 e. The number of hydrogen-bond donors (Lipinski definition) is 2. The molecule has 0 radical (unpaired) electrons. The SMILES string of the molecule is Cc1ccc([C@H](C)NC(=O)CN2CCN(C[C@@H](C)O)[C@H](C)C2)cc1C. The molecule has 5 heteroatoms. The summed E-state index contributed by atoms with van der Waals surface area (Å²) < 4.78 is 0. The molecule has 1 saturated heterocycles. The van der Waals surface area contributed by atoms with E-state index in [2.05, 4.69) is 54.1 Å². The lowest BCUT2D eigenvalue weighted by Crippen LogP contribution is -2.55. The fourth-order valence-corrected chi connectivity index (χ4v) is 3.43. The lowest BCUT2D eigenvalue weighted by Gasteiger charge is -2.40. The average molecular weight is 348 g/mol. The Labute approximate surface area is 152 Å². The number of carbonyl (C=O) groups is 1. The number of aryl methyl sites for hydroxylation is 2. The third-order valence-electron chi connectivity index (χ3n) is 5.12. The molecule has 0 aliphatic carbocycles. The molecule has 1 aromatic rings. The van der Waals surface area contributed by atoms with Gasteiger partial charge in [0.15, 0.2) is 0 Å². The smallest absolute Gasteiger partial charge is 0.234 e. The first-order valence-corrected chi connectivity index (χ1v) is 9.27. The minimum atomic E-state index is -0.309. The van der Waals surface area contributed by atoms with Gasteiger partial charge in [-0.15, -0.1) is 0 Å². The molecule has 1 amide bonds. The molecule has 0 unspecified atom stereocenters. The lowest BCUT2D eigenvalue weighted by molar-refractivity contribution is -0.123. The van der Waals surface area contributed by atoms with Crippen LogP contribution in [-0.2, 0) is 4.79 Å². The van der Waals surface area contributed by atoms with Crippen LogP contribution in [0, 0.1) is 13.8 Å². The molecule has 2 N–H and O–H groups in total. The highest BCUT2D eigenvalue weighted by molar-refractivity contribution is 5.78. The van der Waals surface area contributed by atoms with Crippen molar-refractivity contribution >= 4 is 5.91 Å². The fraction of sp³-hybridized carbons (Fsp3) is 0.650. The Balaban J connectivity index is 1.83. The van der Waals surface area contributed by atoms with Gasteiger partial charge in [0.25, 0.3) is 0 Å². The van der Waals surface area contributed by atoms with E-state index in [1.807, 2.05) is 13.8 Å². The van der Waals surface area contributed by atoms with Gasteiger partial charge in [0, 0.05) is 32.2 Å². The van der Waals surface area contributed by atoms with Gasteiger partial charge >= 0.3 is 0 Å². The average Bonchev–Trinajstić information content (AvgIpc) is 2.52. The number of amides is 1. The van der Waals surface area contributed by atoms with E-state index in [-0.39, 0.29) is 18.1 Å². The molecule has 1 aromatic carbocycles. The first-order chi connectivity index (χ1) is 11.8. The minimum absolute atomic E-state index is 0.0146. The van der Waals surface area contributed by atoms with Gasteiger partial charge in [-0.1, -0.05) is 18.2 Å². The summed E-state index contributed by atoms with van der Waals surface area (Å²) in [6.45, 7) is 14.0. The zero-order valence-corrected chi connectivity index (χ0v) is 16.2. The molecule has 1 aliphatic heterocycles. The number of benzene rings is 1. The van der Waals surface area contributed by atoms with E-state index in [9.17, 15) is 9.90 Å². The molecule has 5 nitrogen and oxygen atoms in total. The van der Waals surface area contributed by atoms with Crippen LogP contribution in [0.1, 0.15) is 43.5 Å². The van der Waals surface area contributed by atoms with E-state index in [1.54, 1.807) is 0 Å². The Morgan fingerprint density at radius 2 is 2.00 bits per heavy atom.